The van der Waals surface area contributed by atoms with Crippen molar-refractivity contribution in [2.75, 3.05) is 13.1 Å². The van der Waals surface area contributed by atoms with Gasteiger partial charge in [0.25, 0.3) is 11.8 Å². The van der Waals surface area contributed by atoms with E-state index in [2.05, 4.69) is 5.32 Å². The van der Waals surface area contributed by atoms with Crippen molar-refractivity contribution in [2.45, 2.75) is 56.6 Å². The Kier molecular flexibility index (Phi) is 7.35. The topological polar surface area (TPSA) is 113 Å². The third-order valence-corrected chi connectivity index (χ3v) is 8.39. The standard InChI is InChI=1S/C25H32N4O4S/c1-18-7-9-20(10-8-18)25(31)28-15-16-29(34(32,33)17-19-5-3-2-4-6-19)24(28)23(30)27-22-13-11-21(26)12-14-22/h2-10,21-22,24H,11-17,26H2,1H3,(H,27,30). The molecule has 3 N–H and O–H groups in total. The zero-order valence-corrected chi connectivity index (χ0v) is 20.2. The molecule has 34 heavy (non-hydrogen) atoms. The number of hydrogen-bond donors (Lipinski definition) is 2. The van der Waals surface area contributed by atoms with Crippen molar-refractivity contribution in [3.05, 3.63) is 71.3 Å². The third-order valence-electron chi connectivity index (χ3n) is 6.59. The minimum Gasteiger partial charge on any atom is -0.350 e. The van der Waals surface area contributed by atoms with Crippen molar-refractivity contribution in [1.29, 1.82) is 0 Å². The van der Waals surface area contributed by atoms with Crippen molar-refractivity contribution in [3.8, 4) is 0 Å². The monoisotopic (exact) mass is 484 g/mol. The number of carbonyl (C=O) groups excluding carboxylic acids is 2. The van der Waals surface area contributed by atoms with Crippen LogP contribution in [0.5, 0.6) is 0 Å². The Morgan fingerprint density at radius 2 is 1.62 bits per heavy atom. The quantitative estimate of drug-likeness (QED) is 0.651. The second-order valence-corrected chi connectivity index (χ2v) is 11.1. The molecule has 1 aliphatic heterocycles. The van der Waals surface area contributed by atoms with Crippen LogP contribution in [0.2, 0.25) is 0 Å². The van der Waals surface area contributed by atoms with Gasteiger partial charge in [0.1, 0.15) is 0 Å². The molecule has 2 aromatic carbocycles. The number of rotatable bonds is 6. The minimum absolute atomic E-state index is 0.0698. The lowest BCUT2D eigenvalue weighted by Crippen LogP contribution is -2.56. The molecule has 2 aromatic rings. The SMILES string of the molecule is Cc1ccc(C(=O)N2CCN(S(=O)(=O)Cc3ccccc3)C2C(=O)NC2CCC(N)CC2)cc1. The van der Waals surface area contributed by atoms with Crippen LogP contribution in [0.25, 0.3) is 0 Å². The maximum absolute atomic E-state index is 13.5. The molecule has 4 rings (SSSR count). The average Bonchev–Trinajstić information content (AvgIpc) is 3.27. The van der Waals surface area contributed by atoms with E-state index < -0.39 is 22.1 Å². The van der Waals surface area contributed by atoms with E-state index in [1.807, 2.05) is 25.1 Å². The predicted molar refractivity (Wildman–Crippen MR) is 130 cm³/mol. The number of benzene rings is 2. The van der Waals surface area contributed by atoms with Gasteiger partial charge in [0, 0.05) is 30.7 Å². The van der Waals surface area contributed by atoms with E-state index in [0.29, 0.717) is 11.1 Å². The van der Waals surface area contributed by atoms with Crippen molar-refractivity contribution < 1.29 is 18.0 Å². The van der Waals surface area contributed by atoms with Crippen molar-refractivity contribution in [3.63, 3.8) is 0 Å². The Balaban J connectivity index is 1.60. The van der Waals surface area contributed by atoms with Crippen molar-refractivity contribution >= 4 is 21.8 Å². The summed E-state index contributed by atoms with van der Waals surface area (Å²) in [6.45, 7) is 2.14. The molecule has 8 nitrogen and oxygen atoms in total. The van der Waals surface area contributed by atoms with Crippen LogP contribution in [-0.2, 0) is 20.6 Å². The molecule has 0 spiro atoms. The molecule has 0 aromatic heterocycles. The Morgan fingerprint density at radius 3 is 2.26 bits per heavy atom. The van der Waals surface area contributed by atoms with Gasteiger partial charge in [-0.25, -0.2) is 8.42 Å². The van der Waals surface area contributed by atoms with E-state index >= 15 is 0 Å². The first-order chi connectivity index (χ1) is 16.2. The van der Waals surface area contributed by atoms with E-state index in [1.54, 1.807) is 36.4 Å². The third kappa shape index (κ3) is 5.48. The lowest BCUT2D eigenvalue weighted by molar-refractivity contribution is -0.128. The van der Waals surface area contributed by atoms with E-state index in [9.17, 15) is 18.0 Å². The molecule has 2 amide bonds. The molecule has 9 heteroatoms. The number of carbonyl (C=O) groups is 2. The zero-order valence-electron chi connectivity index (χ0n) is 19.4. The lowest BCUT2D eigenvalue weighted by Gasteiger charge is -2.32. The molecule has 1 saturated heterocycles. The smallest absolute Gasteiger partial charge is 0.259 e. The molecule has 182 valence electrons. The van der Waals surface area contributed by atoms with Gasteiger partial charge in [-0.15, -0.1) is 0 Å². The fraction of sp³-hybridized carbons (Fsp3) is 0.440. The molecular formula is C25H32N4O4S. The number of sulfonamides is 1. The molecule has 1 saturated carbocycles. The van der Waals surface area contributed by atoms with Gasteiger partial charge in [0.2, 0.25) is 10.0 Å². The van der Waals surface area contributed by atoms with Gasteiger partial charge in [-0.1, -0.05) is 48.0 Å². The van der Waals surface area contributed by atoms with Crippen LogP contribution in [0, 0.1) is 6.92 Å². The molecule has 0 bridgehead atoms. The number of hydrogen-bond acceptors (Lipinski definition) is 5. The van der Waals surface area contributed by atoms with Gasteiger partial charge in [0.15, 0.2) is 6.17 Å². The highest BCUT2D eigenvalue weighted by molar-refractivity contribution is 7.88. The predicted octanol–water partition coefficient (Wildman–Crippen LogP) is 2.00. The first kappa shape index (κ1) is 24.4. The van der Waals surface area contributed by atoms with Crippen molar-refractivity contribution in [1.82, 2.24) is 14.5 Å². The summed E-state index contributed by atoms with van der Waals surface area (Å²) in [5, 5.41) is 3.00. The molecule has 1 unspecified atom stereocenters. The minimum atomic E-state index is -3.85. The summed E-state index contributed by atoms with van der Waals surface area (Å²) in [5.41, 5.74) is 8.05. The highest BCUT2D eigenvalue weighted by Crippen LogP contribution is 2.25. The molecular weight excluding hydrogens is 452 g/mol. The number of nitrogens with one attached hydrogen (secondary N) is 1. The Bertz CT molecular complexity index is 1110. The summed E-state index contributed by atoms with van der Waals surface area (Å²) in [4.78, 5) is 28.2. The van der Waals surface area contributed by atoms with Gasteiger partial charge < -0.3 is 16.0 Å². The maximum atomic E-state index is 13.5. The Hall–Kier alpha value is -2.75. The summed E-state index contributed by atoms with van der Waals surface area (Å²) >= 11 is 0. The van der Waals surface area contributed by atoms with Crippen LogP contribution in [0.1, 0.15) is 47.2 Å². The van der Waals surface area contributed by atoms with Gasteiger partial charge in [-0.2, -0.15) is 4.31 Å². The van der Waals surface area contributed by atoms with Crippen LogP contribution < -0.4 is 11.1 Å². The maximum Gasteiger partial charge on any atom is 0.259 e. The van der Waals surface area contributed by atoms with Crippen LogP contribution >= 0.6 is 0 Å². The summed E-state index contributed by atoms with van der Waals surface area (Å²) in [6.07, 6.45) is 1.86. The Labute approximate surface area is 201 Å². The zero-order chi connectivity index (χ0) is 24.3. The molecule has 2 fully saturated rings. The van der Waals surface area contributed by atoms with Crippen LogP contribution in [0.4, 0.5) is 0 Å². The van der Waals surface area contributed by atoms with Crippen LogP contribution in [0.3, 0.4) is 0 Å². The largest absolute Gasteiger partial charge is 0.350 e. The first-order valence-electron chi connectivity index (χ1n) is 11.7. The fourth-order valence-corrected chi connectivity index (χ4v) is 6.30. The molecule has 1 aliphatic carbocycles. The summed E-state index contributed by atoms with van der Waals surface area (Å²) in [6, 6.07) is 16.0. The molecule has 1 heterocycles. The Morgan fingerprint density at radius 1 is 0.971 bits per heavy atom. The lowest BCUT2D eigenvalue weighted by atomic mass is 9.92. The normalized spacial score (nSPS) is 23.6. The second-order valence-electron chi connectivity index (χ2n) is 9.21. The van der Waals surface area contributed by atoms with Crippen LogP contribution in [0.15, 0.2) is 54.6 Å². The summed E-state index contributed by atoms with van der Waals surface area (Å²) in [5.74, 6) is -1.05. The highest BCUT2D eigenvalue weighted by Gasteiger charge is 2.46. The highest BCUT2D eigenvalue weighted by atomic mass is 32.2. The van der Waals surface area contributed by atoms with Gasteiger partial charge in [0.05, 0.1) is 5.75 Å². The number of aryl methyl sites for hydroxylation is 1. The van der Waals surface area contributed by atoms with E-state index in [-0.39, 0.29) is 36.8 Å². The summed E-state index contributed by atoms with van der Waals surface area (Å²) < 4.78 is 28.0. The summed E-state index contributed by atoms with van der Waals surface area (Å²) in [7, 11) is -3.85. The number of amides is 2. The van der Waals surface area contributed by atoms with Gasteiger partial charge >= 0.3 is 0 Å². The fourth-order valence-electron chi connectivity index (χ4n) is 4.65. The molecule has 1 atom stereocenters. The number of nitrogens with two attached hydrogens (primary N) is 1. The molecule has 2 aliphatic rings. The van der Waals surface area contributed by atoms with Gasteiger partial charge in [-0.3, -0.25) is 9.59 Å². The molecule has 0 radical (unpaired) electrons. The van der Waals surface area contributed by atoms with Gasteiger partial charge in [-0.05, 0) is 50.3 Å². The average molecular weight is 485 g/mol. The number of nitrogens with zero attached hydrogens (tertiary/aromatic N) is 2. The van der Waals surface area contributed by atoms with E-state index in [1.165, 1.54) is 9.21 Å². The first-order valence-corrected chi connectivity index (χ1v) is 13.3. The van der Waals surface area contributed by atoms with Crippen LogP contribution in [-0.4, -0.2) is 60.8 Å². The van der Waals surface area contributed by atoms with E-state index in [4.69, 9.17) is 5.73 Å². The van der Waals surface area contributed by atoms with E-state index in [0.717, 1.165) is 31.2 Å². The van der Waals surface area contributed by atoms with Crippen molar-refractivity contribution in [2.24, 2.45) is 5.73 Å². The second kappa shape index (κ2) is 10.2.